The summed E-state index contributed by atoms with van der Waals surface area (Å²) in [7, 11) is 0. The molecule has 0 fully saturated rings. The Kier molecular flexibility index (Phi) is 6.48. The molecule has 0 atom stereocenters. The summed E-state index contributed by atoms with van der Waals surface area (Å²) < 4.78 is 17.1. The number of amides is 1. The number of aromatic nitrogens is 4. The van der Waals surface area contributed by atoms with Crippen LogP contribution in [0.3, 0.4) is 0 Å². The molecule has 4 aromatic rings. The zero-order valence-electron chi connectivity index (χ0n) is 18.2. The summed E-state index contributed by atoms with van der Waals surface area (Å²) in [5.41, 5.74) is 1.18. The number of carbonyl (C=O) groups excluding carboxylic acids is 1. The molecule has 1 amide bonds. The lowest BCUT2D eigenvalue weighted by Crippen LogP contribution is -2.44. The minimum absolute atomic E-state index is 0.226. The zero-order chi connectivity index (χ0) is 23.4. The fraction of sp³-hybridized carbons (Fsp3) is 0.250. The lowest BCUT2D eigenvalue weighted by Gasteiger charge is -2.13. The summed E-state index contributed by atoms with van der Waals surface area (Å²) in [6.07, 6.45) is 2.03. The van der Waals surface area contributed by atoms with E-state index in [9.17, 15) is 18.8 Å². The standard InChI is InChI=1S/C24H24FN5O3/c1-2-28-16-27-22-21(28)23(32)30(24(33)29(22)14-18-6-4-3-5-7-18)15-20(31)26-13-12-17-8-10-19(25)11-9-17/h3-11,16H,2,12-15H2,1H3,(H,26,31). The lowest BCUT2D eigenvalue weighted by atomic mass is 10.1. The number of carbonyl (C=O) groups is 1. The van der Waals surface area contributed by atoms with E-state index in [-0.39, 0.29) is 17.9 Å². The Balaban J connectivity index is 1.61. The van der Waals surface area contributed by atoms with Crippen LogP contribution < -0.4 is 16.6 Å². The number of imidazole rings is 1. The highest BCUT2D eigenvalue weighted by atomic mass is 19.1. The highest BCUT2D eigenvalue weighted by molar-refractivity contribution is 5.76. The minimum Gasteiger partial charge on any atom is -0.354 e. The number of benzene rings is 2. The topological polar surface area (TPSA) is 90.9 Å². The Morgan fingerprint density at radius 1 is 1.00 bits per heavy atom. The van der Waals surface area contributed by atoms with Crippen molar-refractivity contribution in [3.8, 4) is 0 Å². The van der Waals surface area contributed by atoms with Gasteiger partial charge in [-0.1, -0.05) is 42.5 Å². The summed E-state index contributed by atoms with van der Waals surface area (Å²) in [5.74, 6) is -0.778. The van der Waals surface area contributed by atoms with Gasteiger partial charge < -0.3 is 9.88 Å². The first-order valence-corrected chi connectivity index (χ1v) is 10.7. The number of hydrogen-bond acceptors (Lipinski definition) is 4. The molecule has 2 heterocycles. The summed E-state index contributed by atoms with van der Waals surface area (Å²) in [6.45, 7) is 2.50. The number of halogens is 1. The molecular formula is C24H24FN5O3. The van der Waals surface area contributed by atoms with E-state index in [1.165, 1.54) is 23.0 Å². The van der Waals surface area contributed by atoms with Gasteiger partial charge >= 0.3 is 5.69 Å². The Bertz CT molecular complexity index is 1390. The van der Waals surface area contributed by atoms with Gasteiger partial charge in [-0.25, -0.2) is 18.7 Å². The molecule has 4 rings (SSSR count). The van der Waals surface area contributed by atoms with E-state index in [0.717, 1.165) is 15.7 Å². The Morgan fingerprint density at radius 2 is 1.73 bits per heavy atom. The molecule has 0 saturated heterocycles. The molecular weight excluding hydrogens is 425 g/mol. The Morgan fingerprint density at radius 3 is 2.42 bits per heavy atom. The average Bonchev–Trinajstić information content (AvgIpc) is 3.26. The molecule has 8 nitrogen and oxygen atoms in total. The molecule has 0 aliphatic rings. The fourth-order valence-electron chi connectivity index (χ4n) is 3.72. The third-order valence-corrected chi connectivity index (χ3v) is 5.46. The van der Waals surface area contributed by atoms with E-state index in [2.05, 4.69) is 10.3 Å². The number of nitrogens with zero attached hydrogens (tertiary/aromatic N) is 4. The van der Waals surface area contributed by atoms with Crippen LogP contribution in [0.4, 0.5) is 4.39 Å². The maximum absolute atomic E-state index is 13.2. The van der Waals surface area contributed by atoms with Gasteiger partial charge in [0.05, 0.1) is 12.9 Å². The van der Waals surface area contributed by atoms with Gasteiger partial charge in [-0.15, -0.1) is 0 Å². The monoisotopic (exact) mass is 449 g/mol. The van der Waals surface area contributed by atoms with Crippen LogP contribution in [-0.2, 0) is 30.8 Å². The van der Waals surface area contributed by atoms with E-state index in [4.69, 9.17) is 0 Å². The van der Waals surface area contributed by atoms with E-state index >= 15 is 0 Å². The van der Waals surface area contributed by atoms with Gasteiger partial charge in [-0.3, -0.25) is 14.2 Å². The predicted molar refractivity (Wildman–Crippen MR) is 123 cm³/mol. The molecule has 0 spiro atoms. The maximum atomic E-state index is 13.2. The van der Waals surface area contributed by atoms with Crippen molar-refractivity contribution in [3.63, 3.8) is 0 Å². The van der Waals surface area contributed by atoms with Crippen molar-refractivity contribution < 1.29 is 9.18 Å². The highest BCUT2D eigenvalue weighted by Gasteiger charge is 2.19. The fourth-order valence-corrected chi connectivity index (χ4v) is 3.72. The Labute approximate surface area is 188 Å². The van der Waals surface area contributed by atoms with Crippen LogP contribution in [0.15, 0.2) is 70.5 Å². The molecule has 9 heteroatoms. The third-order valence-electron chi connectivity index (χ3n) is 5.46. The summed E-state index contributed by atoms with van der Waals surface area (Å²) in [4.78, 5) is 43.2. The van der Waals surface area contributed by atoms with E-state index < -0.39 is 23.7 Å². The molecule has 2 aromatic carbocycles. The van der Waals surface area contributed by atoms with Gasteiger partial charge in [-0.2, -0.15) is 0 Å². The predicted octanol–water partition coefficient (Wildman–Crippen LogP) is 1.93. The van der Waals surface area contributed by atoms with E-state index in [0.29, 0.717) is 25.2 Å². The minimum atomic E-state index is -0.591. The summed E-state index contributed by atoms with van der Waals surface area (Å²) >= 11 is 0. The van der Waals surface area contributed by atoms with Gasteiger partial charge in [0.1, 0.15) is 12.4 Å². The van der Waals surface area contributed by atoms with Crippen molar-refractivity contribution >= 4 is 17.1 Å². The van der Waals surface area contributed by atoms with Gasteiger partial charge in [0.25, 0.3) is 5.56 Å². The molecule has 0 saturated carbocycles. The van der Waals surface area contributed by atoms with Crippen molar-refractivity contribution in [2.45, 2.75) is 33.0 Å². The number of fused-ring (bicyclic) bond motifs is 1. The van der Waals surface area contributed by atoms with Gasteiger partial charge in [0.2, 0.25) is 5.91 Å². The quantitative estimate of drug-likeness (QED) is 0.445. The molecule has 170 valence electrons. The van der Waals surface area contributed by atoms with Crippen molar-refractivity contribution in [2.75, 3.05) is 6.54 Å². The number of nitrogens with one attached hydrogen (secondary N) is 1. The molecule has 0 aliphatic heterocycles. The molecule has 0 radical (unpaired) electrons. The maximum Gasteiger partial charge on any atom is 0.333 e. The normalized spacial score (nSPS) is 11.1. The average molecular weight is 449 g/mol. The highest BCUT2D eigenvalue weighted by Crippen LogP contribution is 2.09. The molecule has 33 heavy (non-hydrogen) atoms. The van der Waals surface area contributed by atoms with Crippen molar-refractivity contribution in [1.82, 2.24) is 24.0 Å². The largest absolute Gasteiger partial charge is 0.354 e. The van der Waals surface area contributed by atoms with Crippen LogP contribution >= 0.6 is 0 Å². The van der Waals surface area contributed by atoms with Crippen molar-refractivity contribution in [2.24, 2.45) is 0 Å². The van der Waals surface area contributed by atoms with Crippen LogP contribution in [0.2, 0.25) is 0 Å². The number of aryl methyl sites for hydroxylation is 1. The van der Waals surface area contributed by atoms with Gasteiger partial charge in [-0.05, 0) is 36.6 Å². The van der Waals surface area contributed by atoms with Crippen LogP contribution in [0.25, 0.3) is 11.2 Å². The Hall–Kier alpha value is -4.01. The molecule has 0 bridgehead atoms. The van der Waals surface area contributed by atoms with Crippen molar-refractivity contribution in [1.29, 1.82) is 0 Å². The SMILES string of the molecule is CCn1cnc2c1c(=O)n(CC(=O)NCCc1ccc(F)cc1)c(=O)n2Cc1ccccc1. The second kappa shape index (κ2) is 9.64. The van der Waals surface area contributed by atoms with Gasteiger partial charge in [0, 0.05) is 13.1 Å². The molecule has 2 aromatic heterocycles. The second-order valence-corrected chi connectivity index (χ2v) is 7.67. The smallest absolute Gasteiger partial charge is 0.333 e. The zero-order valence-corrected chi connectivity index (χ0v) is 18.2. The number of rotatable bonds is 8. The van der Waals surface area contributed by atoms with Crippen LogP contribution in [0.5, 0.6) is 0 Å². The first-order valence-electron chi connectivity index (χ1n) is 10.7. The lowest BCUT2D eigenvalue weighted by molar-refractivity contribution is -0.121. The van der Waals surface area contributed by atoms with Crippen molar-refractivity contribution in [3.05, 3.63) is 98.7 Å². The van der Waals surface area contributed by atoms with Crippen LogP contribution in [-0.4, -0.2) is 31.1 Å². The summed E-state index contributed by atoms with van der Waals surface area (Å²) in [6, 6.07) is 15.4. The van der Waals surface area contributed by atoms with Crippen LogP contribution in [0.1, 0.15) is 18.1 Å². The van der Waals surface area contributed by atoms with Gasteiger partial charge in [0.15, 0.2) is 11.2 Å². The molecule has 0 unspecified atom stereocenters. The number of hydrogen-bond donors (Lipinski definition) is 1. The molecule has 1 N–H and O–H groups in total. The second-order valence-electron chi connectivity index (χ2n) is 7.67. The third kappa shape index (κ3) is 4.77. The van der Waals surface area contributed by atoms with E-state index in [1.54, 1.807) is 16.7 Å². The first kappa shape index (κ1) is 22.2. The summed E-state index contributed by atoms with van der Waals surface area (Å²) in [5, 5.41) is 2.73. The first-order chi connectivity index (χ1) is 16.0. The van der Waals surface area contributed by atoms with Crippen LogP contribution in [0, 0.1) is 5.82 Å². The molecule has 0 aliphatic carbocycles. The van der Waals surface area contributed by atoms with E-state index in [1.807, 2.05) is 37.3 Å².